The highest BCUT2D eigenvalue weighted by molar-refractivity contribution is 7.91. The normalized spacial score (nSPS) is 25.1. The molecule has 2 fully saturated rings. The zero-order chi connectivity index (χ0) is 15.9. The van der Waals surface area contributed by atoms with Gasteiger partial charge in [0.1, 0.15) is 5.82 Å². The highest BCUT2D eigenvalue weighted by Crippen LogP contribution is 2.41. The first kappa shape index (κ1) is 15.5. The molecule has 0 unspecified atom stereocenters. The van der Waals surface area contributed by atoms with Gasteiger partial charge in [-0.2, -0.15) is 5.10 Å². The van der Waals surface area contributed by atoms with Crippen molar-refractivity contribution >= 4 is 21.6 Å². The van der Waals surface area contributed by atoms with Crippen LogP contribution in [0.5, 0.6) is 0 Å². The van der Waals surface area contributed by atoms with Crippen molar-refractivity contribution in [3.8, 4) is 0 Å². The van der Waals surface area contributed by atoms with E-state index in [1.807, 2.05) is 19.9 Å². The van der Waals surface area contributed by atoms with Crippen molar-refractivity contribution in [1.82, 2.24) is 9.78 Å². The summed E-state index contributed by atoms with van der Waals surface area (Å²) in [5, 5.41) is 7.53. The summed E-state index contributed by atoms with van der Waals surface area (Å²) in [6.45, 7) is 3.86. The summed E-state index contributed by atoms with van der Waals surface area (Å²) in [6.07, 6.45) is 3.59. The maximum absolute atomic E-state index is 12.2. The molecule has 1 aliphatic carbocycles. The Kier molecular flexibility index (Phi) is 4.01. The monoisotopic (exact) mass is 325 g/mol. The van der Waals surface area contributed by atoms with Gasteiger partial charge in [0.2, 0.25) is 5.91 Å². The third-order valence-electron chi connectivity index (χ3n) is 4.62. The summed E-state index contributed by atoms with van der Waals surface area (Å²) >= 11 is 0. The minimum Gasteiger partial charge on any atom is -0.311 e. The smallest absolute Gasteiger partial charge is 0.228 e. The molecule has 1 aromatic heterocycles. The van der Waals surface area contributed by atoms with Crippen LogP contribution >= 0.6 is 0 Å². The molecule has 2 atom stereocenters. The molecule has 1 saturated heterocycles. The molecule has 1 saturated carbocycles. The Balaban J connectivity index is 1.86. The number of carbonyl (C=O) groups is 1. The Morgan fingerprint density at radius 2 is 2.18 bits per heavy atom. The molecule has 22 heavy (non-hydrogen) atoms. The molecule has 1 aromatic rings. The van der Waals surface area contributed by atoms with Gasteiger partial charge in [-0.1, -0.05) is 13.8 Å². The zero-order valence-corrected chi connectivity index (χ0v) is 13.9. The third-order valence-corrected chi connectivity index (χ3v) is 6.37. The predicted molar refractivity (Wildman–Crippen MR) is 84.6 cm³/mol. The SMILES string of the molecule is CC[C@@H](C)C(=O)Nc1cc(C2CC2)nn1[C@@H]1CCS(=O)(=O)C1. The Morgan fingerprint density at radius 1 is 1.45 bits per heavy atom. The molecule has 0 bridgehead atoms. The number of sulfone groups is 1. The number of hydrogen-bond acceptors (Lipinski definition) is 4. The van der Waals surface area contributed by atoms with Crippen LogP contribution in [0.4, 0.5) is 5.82 Å². The van der Waals surface area contributed by atoms with E-state index < -0.39 is 9.84 Å². The topological polar surface area (TPSA) is 81.1 Å². The summed E-state index contributed by atoms with van der Waals surface area (Å²) in [4.78, 5) is 12.2. The van der Waals surface area contributed by atoms with Gasteiger partial charge >= 0.3 is 0 Å². The first-order chi connectivity index (χ1) is 10.4. The highest BCUT2D eigenvalue weighted by atomic mass is 32.2. The van der Waals surface area contributed by atoms with Crippen LogP contribution in [-0.4, -0.2) is 35.6 Å². The molecule has 122 valence electrons. The van der Waals surface area contributed by atoms with E-state index in [1.54, 1.807) is 4.68 Å². The van der Waals surface area contributed by atoms with Gasteiger partial charge in [-0.15, -0.1) is 0 Å². The first-order valence-electron chi connectivity index (χ1n) is 8.00. The van der Waals surface area contributed by atoms with Crippen molar-refractivity contribution in [3.63, 3.8) is 0 Å². The average Bonchev–Trinajstić information content (AvgIpc) is 3.15. The number of nitrogens with one attached hydrogen (secondary N) is 1. The molecule has 1 amide bonds. The maximum atomic E-state index is 12.2. The minimum atomic E-state index is -2.98. The number of nitrogens with zero attached hydrogens (tertiary/aromatic N) is 2. The van der Waals surface area contributed by atoms with Crippen LogP contribution in [0.1, 0.15) is 57.2 Å². The molecule has 0 aromatic carbocycles. The molecule has 6 nitrogen and oxygen atoms in total. The summed E-state index contributed by atoms with van der Waals surface area (Å²) in [7, 11) is -2.98. The second kappa shape index (κ2) is 5.68. The number of anilines is 1. The maximum Gasteiger partial charge on any atom is 0.228 e. The molecule has 3 rings (SSSR count). The molecular weight excluding hydrogens is 302 g/mol. The lowest BCUT2D eigenvalue weighted by atomic mass is 10.1. The zero-order valence-electron chi connectivity index (χ0n) is 13.1. The molecule has 0 spiro atoms. The summed E-state index contributed by atoms with van der Waals surface area (Å²) in [6, 6.07) is 1.76. The van der Waals surface area contributed by atoms with E-state index in [0.717, 1.165) is 25.0 Å². The molecular formula is C15H23N3O3S. The van der Waals surface area contributed by atoms with Gasteiger partial charge in [0.15, 0.2) is 9.84 Å². The van der Waals surface area contributed by atoms with Crippen LogP contribution in [0.25, 0.3) is 0 Å². The largest absolute Gasteiger partial charge is 0.311 e. The molecule has 1 aliphatic heterocycles. The Hall–Kier alpha value is -1.37. The van der Waals surface area contributed by atoms with Crippen molar-refractivity contribution in [1.29, 1.82) is 0 Å². The lowest BCUT2D eigenvalue weighted by Gasteiger charge is -2.15. The summed E-state index contributed by atoms with van der Waals surface area (Å²) in [5.74, 6) is 1.33. The van der Waals surface area contributed by atoms with E-state index >= 15 is 0 Å². The first-order valence-corrected chi connectivity index (χ1v) is 9.82. The Labute approximate surface area is 131 Å². The van der Waals surface area contributed by atoms with E-state index in [9.17, 15) is 13.2 Å². The summed E-state index contributed by atoms with van der Waals surface area (Å²) < 4.78 is 25.2. The molecule has 0 radical (unpaired) electrons. The van der Waals surface area contributed by atoms with Crippen molar-refractivity contribution in [2.75, 3.05) is 16.8 Å². The van der Waals surface area contributed by atoms with E-state index in [1.165, 1.54) is 0 Å². The predicted octanol–water partition coefficient (Wildman–Crippen LogP) is 2.10. The van der Waals surface area contributed by atoms with Gasteiger partial charge in [-0.05, 0) is 25.7 Å². The Bertz CT molecular complexity index is 676. The van der Waals surface area contributed by atoms with Gasteiger partial charge in [0, 0.05) is 17.9 Å². The van der Waals surface area contributed by atoms with Crippen LogP contribution in [0.15, 0.2) is 6.07 Å². The van der Waals surface area contributed by atoms with Gasteiger partial charge in [0.25, 0.3) is 0 Å². The second-order valence-corrected chi connectivity index (χ2v) is 8.76. The molecule has 2 aliphatic rings. The van der Waals surface area contributed by atoms with E-state index in [-0.39, 0.29) is 29.4 Å². The van der Waals surface area contributed by atoms with E-state index in [4.69, 9.17) is 0 Å². The number of hydrogen-bond donors (Lipinski definition) is 1. The van der Waals surface area contributed by atoms with Gasteiger partial charge < -0.3 is 5.32 Å². The van der Waals surface area contributed by atoms with Gasteiger partial charge in [-0.25, -0.2) is 13.1 Å². The van der Waals surface area contributed by atoms with Gasteiger partial charge in [0.05, 0.1) is 23.2 Å². The minimum absolute atomic E-state index is 0.0353. The highest BCUT2D eigenvalue weighted by Gasteiger charge is 2.34. The fourth-order valence-electron chi connectivity index (χ4n) is 2.77. The molecule has 2 heterocycles. The fourth-order valence-corrected chi connectivity index (χ4v) is 4.46. The van der Waals surface area contributed by atoms with Crippen molar-refractivity contribution in [3.05, 3.63) is 11.8 Å². The number of carbonyl (C=O) groups excluding carboxylic acids is 1. The lowest BCUT2D eigenvalue weighted by Crippen LogP contribution is -2.23. The van der Waals surface area contributed by atoms with Crippen molar-refractivity contribution in [2.45, 2.75) is 51.5 Å². The van der Waals surface area contributed by atoms with Crippen LogP contribution in [-0.2, 0) is 14.6 Å². The third kappa shape index (κ3) is 3.19. The van der Waals surface area contributed by atoms with Crippen LogP contribution in [0.2, 0.25) is 0 Å². The van der Waals surface area contributed by atoms with Crippen molar-refractivity contribution in [2.24, 2.45) is 5.92 Å². The quantitative estimate of drug-likeness (QED) is 0.899. The van der Waals surface area contributed by atoms with E-state index in [0.29, 0.717) is 18.2 Å². The number of amides is 1. The molecule has 1 N–H and O–H groups in total. The number of aromatic nitrogens is 2. The van der Waals surface area contributed by atoms with Gasteiger partial charge in [-0.3, -0.25) is 4.79 Å². The summed E-state index contributed by atoms with van der Waals surface area (Å²) in [5.41, 5.74) is 0.976. The number of rotatable bonds is 5. The second-order valence-electron chi connectivity index (χ2n) is 6.53. The van der Waals surface area contributed by atoms with Crippen LogP contribution < -0.4 is 5.32 Å². The van der Waals surface area contributed by atoms with E-state index in [2.05, 4.69) is 10.4 Å². The Morgan fingerprint density at radius 3 is 2.73 bits per heavy atom. The fraction of sp³-hybridized carbons (Fsp3) is 0.733. The van der Waals surface area contributed by atoms with Crippen LogP contribution in [0, 0.1) is 5.92 Å². The average molecular weight is 325 g/mol. The van der Waals surface area contributed by atoms with Crippen LogP contribution in [0.3, 0.4) is 0 Å². The lowest BCUT2D eigenvalue weighted by molar-refractivity contribution is -0.119. The standard InChI is InChI=1S/C15H23N3O3S/c1-3-10(2)15(19)16-14-8-13(11-4-5-11)17-18(14)12-6-7-22(20,21)9-12/h8,10-12H,3-7,9H2,1-2H3,(H,16,19)/t10-,12-/m1/s1. The van der Waals surface area contributed by atoms with Crippen molar-refractivity contribution < 1.29 is 13.2 Å². The molecule has 7 heteroatoms.